The lowest BCUT2D eigenvalue weighted by Gasteiger charge is -2.33. The Kier molecular flexibility index (Phi) is 2.75. The number of benzene rings is 1. The van der Waals surface area contributed by atoms with Gasteiger partial charge in [0.15, 0.2) is 5.82 Å². The number of halogens is 1. The van der Waals surface area contributed by atoms with Crippen LogP contribution in [0.4, 0.5) is 11.5 Å². The van der Waals surface area contributed by atoms with Gasteiger partial charge in [-0.3, -0.25) is 9.89 Å². The van der Waals surface area contributed by atoms with Crippen molar-refractivity contribution in [1.82, 2.24) is 10.2 Å². The number of carbonyl (C=O) groups is 1. The zero-order valence-corrected chi connectivity index (χ0v) is 13.7. The maximum Gasteiger partial charge on any atom is 0.247 e. The lowest BCUT2D eigenvalue weighted by molar-refractivity contribution is -0.120. The van der Waals surface area contributed by atoms with Gasteiger partial charge < -0.3 is 16.0 Å². The minimum Gasteiger partial charge on any atom is -0.384 e. The first-order chi connectivity index (χ1) is 11.4. The largest absolute Gasteiger partial charge is 0.384 e. The summed E-state index contributed by atoms with van der Waals surface area (Å²) in [6.07, 6.45) is 0. The minimum absolute atomic E-state index is 0.117. The lowest BCUT2D eigenvalue weighted by atomic mass is 9.68. The number of nitriles is 1. The summed E-state index contributed by atoms with van der Waals surface area (Å²) >= 11 is 6.19. The Morgan fingerprint density at radius 3 is 2.92 bits per heavy atom. The average molecular weight is 341 g/mol. The normalized spacial score (nSPS) is 21.6. The molecule has 1 aromatic carbocycles. The Balaban J connectivity index is 2.21. The highest BCUT2D eigenvalue weighted by Gasteiger charge is 2.59. The van der Waals surface area contributed by atoms with E-state index < -0.39 is 5.41 Å². The summed E-state index contributed by atoms with van der Waals surface area (Å²) in [5.41, 5.74) is 7.48. The van der Waals surface area contributed by atoms with Gasteiger partial charge in [-0.15, -0.1) is 0 Å². The molecule has 120 valence electrons. The number of hydrogen-bond acceptors (Lipinski definition) is 5. The second-order valence-electron chi connectivity index (χ2n) is 5.87. The molecule has 1 spiro atoms. The summed E-state index contributed by atoms with van der Waals surface area (Å²) in [4.78, 5) is 14.9. The molecule has 0 radical (unpaired) electrons. The monoisotopic (exact) mass is 340 g/mol. The Bertz CT molecular complexity index is 985. The number of carbonyl (C=O) groups excluding carboxylic acids is 1. The molecule has 0 fully saturated rings. The van der Waals surface area contributed by atoms with Crippen molar-refractivity contribution in [3.63, 3.8) is 0 Å². The smallest absolute Gasteiger partial charge is 0.247 e. The summed E-state index contributed by atoms with van der Waals surface area (Å²) in [6.45, 7) is 1.81. The standard InChI is InChI=1S/C16H13ClN6O/c1-7-12-14(22-21-7)20-13(19)10(6-18)16(12)9-5-8(17)3-4-11(9)23(2)15(16)24/h3-5H,19H2,1-2H3,(H2,20,21,22). The van der Waals surface area contributed by atoms with Crippen molar-refractivity contribution in [2.75, 3.05) is 17.3 Å². The van der Waals surface area contributed by atoms with Crippen LogP contribution in [0.5, 0.6) is 0 Å². The van der Waals surface area contributed by atoms with Crippen LogP contribution in [0.2, 0.25) is 5.02 Å². The number of nitrogens with two attached hydrogens (primary N) is 1. The fraction of sp³-hybridized carbons (Fsp3) is 0.188. The fourth-order valence-corrected chi connectivity index (χ4v) is 3.87. The van der Waals surface area contributed by atoms with E-state index >= 15 is 0 Å². The van der Waals surface area contributed by atoms with Crippen LogP contribution in [0, 0.1) is 18.3 Å². The predicted octanol–water partition coefficient (Wildman–Crippen LogP) is 1.75. The van der Waals surface area contributed by atoms with Gasteiger partial charge in [-0.1, -0.05) is 11.6 Å². The number of amides is 1. The molecule has 3 heterocycles. The van der Waals surface area contributed by atoms with Crippen molar-refractivity contribution in [3.8, 4) is 6.07 Å². The van der Waals surface area contributed by atoms with E-state index in [9.17, 15) is 10.1 Å². The molecule has 2 aliphatic heterocycles. The van der Waals surface area contributed by atoms with Crippen molar-refractivity contribution in [2.24, 2.45) is 5.73 Å². The Morgan fingerprint density at radius 1 is 1.46 bits per heavy atom. The molecule has 0 aliphatic carbocycles. The van der Waals surface area contributed by atoms with E-state index in [0.717, 1.165) is 0 Å². The van der Waals surface area contributed by atoms with Crippen LogP contribution >= 0.6 is 11.6 Å². The van der Waals surface area contributed by atoms with Crippen LogP contribution in [0.3, 0.4) is 0 Å². The van der Waals surface area contributed by atoms with E-state index in [2.05, 4.69) is 21.6 Å². The molecule has 8 heteroatoms. The number of likely N-dealkylation sites (N-methyl/N-ethyl adjacent to an activating group) is 1. The molecule has 1 amide bonds. The molecule has 4 rings (SSSR count). The molecule has 1 atom stereocenters. The second-order valence-corrected chi connectivity index (χ2v) is 6.31. The minimum atomic E-state index is -1.34. The summed E-state index contributed by atoms with van der Waals surface area (Å²) in [6, 6.07) is 7.31. The van der Waals surface area contributed by atoms with Gasteiger partial charge in [-0.05, 0) is 25.1 Å². The number of anilines is 2. The van der Waals surface area contributed by atoms with E-state index in [1.54, 1.807) is 25.2 Å². The van der Waals surface area contributed by atoms with Crippen LogP contribution in [0.1, 0.15) is 16.8 Å². The van der Waals surface area contributed by atoms with Crippen LogP contribution in [0.25, 0.3) is 0 Å². The highest BCUT2D eigenvalue weighted by molar-refractivity contribution is 6.31. The van der Waals surface area contributed by atoms with Crippen molar-refractivity contribution < 1.29 is 4.79 Å². The number of aromatic amines is 1. The van der Waals surface area contributed by atoms with Crippen molar-refractivity contribution in [3.05, 3.63) is 51.4 Å². The maximum absolute atomic E-state index is 13.4. The predicted molar refractivity (Wildman–Crippen MR) is 89.4 cm³/mol. The third-order valence-corrected chi connectivity index (χ3v) is 4.92. The van der Waals surface area contributed by atoms with Crippen molar-refractivity contribution >= 4 is 29.0 Å². The van der Waals surface area contributed by atoms with Gasteiger partial charge in [0.2, 0.25) is 5.91 Å². The number of nitrogens with zero attached hydrogens (tertiary/aromatic N) is 3. The highest BCUT2D eigenvalue weighted by Crippen LogP contribution is 2.54. The summed E-state index contributed by atoms with van der Waals surface area (Å²) in [5, 5.41) is 20.2. The fourth-order valence-electron chi connectivity index (χ4n) is 3.70. The maximum atomic E-state index is 13.4. The first-order valence-corrected chi connectivity index (χ1v) is 7.61. The molecule has 1 unspecified atom stereocenters. The van der Waals surface area contributed by atoms with E-state index in [1.165, 1.54) is 4.90 Å². The third kappa shape index (κ3) is 1.46. The molecule has 2 aliphatic rings. The van der Waals surface area contributed by atoms with E-state index in [1.807, 2.05) is 6.92 Å². The zero-order chi connectivity index (χ0) is 17.2. The molecule has 0 saturated carbocycles. The van der Waals surface area contributed by atoms with Crippen molar-refractivity contribution in [2.45, 2.75) is 12.3 Å². The first kappa shape index (κ1) is 14.6. The van der Waals surface area contributed by atoms with E-state index in [4.69, 9.17) is 17.3 Å². The molecule has 0 bridgehead atoms. The molecule has 1 aromatic heterocycles. The molecular formula is C16H13ClN6O. The van der Waals surface area contributed by atoms with Crippen LogP contribution in [-0.2, 0) is 10.2 Å². The Hall–Kier alpha value is -2.98. The van der Waals surface area contributed by atoms with Crippen LogP contribution in [0.15, 0.2) is 29.6 Å². The van der Waals surface area contributed by atoms with Gasteiger partial charge in [-0.25, -0.2) is 0 Å². The van der Waals surface area contributed by atoms with Gasteiger partial charge >= 0.3 is 0 Å². The quantitative estimate of drug-likeness (QED) is 0.676. The highest BCUT2D eigenvalue weighted by atomic mass is 35.5. The number of aryl methyl sites for hydroxylation is 1. The summed E-state index contributed by atoms with van der Waals surface area (Å²) in [5.74, 6) is 0.302. The first-order valence-electron chi connectivity index (χ1n) is 7.24. The molecule has 4 N–H and O–H groups in total. The van der Waals surface area contributed by atoms with Crippen LogP contribution < -0.4 is 16.0 Å². The van der Waals surface area contributed by atoms with Crippen LogP contribution in [-0.4, -0.2) is 23.2 Å². The number of fused-ring (bicyclic) bond motifs is 4. The molecule has 7 nitrogen and oxygen atoms in total. The average Bonchev–Trinajstić information content (AvgIpc) is 3.01. The van der Waals surface area contributed by atoms with Crippen molar-refractivity contribution in [1.29, 1.82) is 5.26 Å². The molecular weight excluding hydrogens is 328 g/mol. The number of rotatable bonds is 0. The Morgan fingerprint density at radius 2 is 2.21 bits per heavy atom. The third-order valence-electron chi connectivity index (χ3n) is 4.68. The SMILES string of the molecule is Cc1[nH]nc2c1C1(C(=O)N(C)c3ccc(Cl)cc31)C(C#N)=C(N)N2. The topological polar surface area (TPSA) is 111 Å². The molecule has 24 heavy (non-hydrogen) atoms. The second kappa shape index (κ2) is 4.52. The summed E-state index contributed by atoms with van der Waals surface area (Å²) in [7, 11) is 1.67. The summed E-state index contributed by atoms with van der Waals surface area (Å²) < 4.78 is 0. The molecule has 2 aromatic rings. The van der Waals surface area contributed by atoms with Gasteiger partial charge in [0, 0.05) is 34.6 Å². The van der Waals surface area contributed by atoms with Gasteiger partial charge in [0.25, 0.3) is 0 Å². The van der Waals surface area contributed by atoms with Gasteiger partial charge in [0.05, 0.1) is 5.57 Å². The molecule has 0 saturated heterocycles. The number of nitrogens with one attached hydrogen (secondary N) is 2. The number of aromatic nitrogens is 2. The number of hydrogen-bond donors (Lipinski definition) is 3. The lowest BCUT2D eigenvalue weighted by Crippen LogP contribution is -2.45. The Labute approximate surface area is 142 Å². The van der Waals surface area contributed by atoms with Gasteiger partial charge in [0.1, 0.15) is 17.3 Å². The van der Waals surface area contributed by atoms with Gasteiger partial charge in [-0.2, -0.15) is 10.4 Å². The van der Waals surface area contributed by atoms with E-state index in [-0.39, 0.29) is 17.3 Å². The number of H-pyrrole nitrogens is 1. The van der Waals surface area contributed by atoms with E-state index in [0.29, 0.717) is 33.3 Å². The zero-order valence-electron chi connectivity index (χ0n) is 12.9.